The van der Waals surface area contributed by atoms with Crippen molar-refractivity contribution in [3.63, 3.8) is 0 Å². The van der Waals surface area contributed by atoms with Gasteiger partial charge in [0, 0.05) is 18.7 Å². The van der Waals surface area contributed by atoms with Crippen LogP contribution in [-0.2, 0) is 15.0 Å². The molecule has 0 saturated carbocycles. The van der Waals surface area contributed by atoms with E-state index in [1.807, 2.05) is 38.1 Å². The molecule has 0 aliphatic carbocycles. The van der Waals surface area contributed by atoms with Crippen LogP contribution in [0.2, 0.25) is 0 Å². The lowest BCUT2D eigenvalue weighted by Gasteiger charge is -2.24. The molecule has 1 rings (SSSR count). The highest BCUT2D eigenvalue weighted by Crippen LogP contribution is 2.23. The molecule has 0 atom stereocenters. The van der Waals surface area contributed by atoms with Crippen LogP contribution >= 0.6 is 0 Å². The standard InChI is InChI=1S/C17H26N2O2/c1-12(2)19(13(3)20)11-16(21)18-15-9-7-14(8-10-15)17(4,5)6/h7-10,12H,11H2,1-6H3,(H,18,21). The number of hydrogen-bond acceptors (Lipinski definition) is 2. The predicted octanol–water partition coefficient (Wildman–Crippen LogP) is 3.18. The van der Waals surface area contributed by atoms with Gasteiger partial charge in [-0.1, -0.05) is 32.9 Å². The third-order valence-electron chi connectivity index (χ3n) is 3.38. The lowest BCUT2D eigenvalue weighted by molar-refractivity contribution is -0.134. The Labute approximate surface area is 127 Å². The molecule has 21 heavy (non-hydrogen) atoms. The summed E-state index contributed by atoms with van der Waals surface area (Å²) in [6.07, 6.45) is 0. The first kappa shape index (κ1) is 17.2. The van der Waals surface area contributed by atoms with Crippen LogP contribution in [0, 0.1) is 0 Å². The molecule has 0 spiro atoms. The lowest BCUT2D eigenvalue weighted by Crippen LogP contribution is -2.41. The smallest absolute Gasteiger partial charge is 0.244 e. The molecule has 4 heteroatoms. The highest BCUT2D eigenvalue weighted by molar-refractivity contribution is 5.94. The van der Waals surface area contributed by atoms with Crippen LogP contribution in [0.5, 0.6) is 0 Å². The SMILES string of the molecule is CC(=O)N(CC(=O)Nc1ccc(C(C)(C)C)cc1)C(C)C. The molecule has 116 valence electrons. The van der Waals surface area contributed by atoms with Gasteiger partial charge in [-0.25, -0.2) is 0 Å². The van der Waals surface area contributed by atoms with E-state index in [0.717, 1.165) is 5.69 Å². The van der Waals surface area contributed by atoms with E-state index >= 15 is 0 Å². The van der Waals surface area contributed by atoms with Crippen LogP contribution in [0.1, 0.15) is 47.1 Å². The summed E-state index contributed by atoms with van der Waals surface area (Å²) in [6, 6.07) is 7.83. The number of nitrogens with one attached hydrogen (secondary N) is 1. The Hall–Kier alpha value is -1.84. The number of nitrogens with zero attached hydrogens (tertiary/aromatic N) is 1. The summed E-state index contributed by atoms with van der Waals surface area (Å²) < 4.78 is 0. The summed E-state index contributed by atoms with van der Waals surface area (Å²) in [5.74, 6) is -0.273. The molecule has 0 heterocycles. The molecule has 4 nitrogen and oxygen atoms in total. The van der Waals surface area contributed by atoms with Crippen molar-refractivity contribution in [1.29, 1.82) is 0 Å². The van der Waals surface area contributed by atoms with Gasteiger partial charge in [0.25, 0.3) is 0 Å². The third-order valence-corrected chi connectivity index (χ3v) is 3.38. The van der Waals surface area contributed by atoms with Crippen LogP contribution in [0.25, 0.3) is 0 Å². The van der Waals surface area contributed by atoms with E-state index in [-0.39, 0.29) is 29.8 Å². The maximum atomic E-state index is 12.0. The zero-order chi connectivity index (χ0) is 16.2. The topological polar surface area (TPSA) is 49.4 Å². The van der Waals surface area contributed by atoms with Gasteiger partial charge in [-0.2, -0.15) is 0 Å². The van der Waals surface area contributed by atoms with Crippen molar-refractivity contribution >= 4 is 17.5 Å². The number of carbonyl (C=O) groups is 2. The Morgan fingerprint density at radius 2 is 1.67 bits per heavy atom. The minimum Gasteiger partial charge on any atom is -0.331 e. The Morgan fingerprint density at radius 1 is 1.14 bits per heavy atom. The zero-order valence-electron chi connectivity index (χ0n) is 13.9. The highest BCUT2D eigenvalue weighted by Gasteiger charge is 2.17. The largest absolute Gasteiger partial charge is 0.331 e. The molecule has 0 unspecified atom stereocenters. The lowest BCUT2D eigenvalue weighted by atomic mass is 9.87. The van der Waals surface area contributed by atoms with Gasteiger partial charge in [-0.05, 0) is 37.0 Å². The second kappa shape index (κ2) is 6.74. The van der Waals surface area contributed by atoms with Gasteiger partial charge < -0.3 is 10.2 Å². The number of anilines is 1. The van der Waals surface area contributed by atoms with Crippen LogP contribution in [0.4, 0.5) is 5.69 Å². The van der Waals surface area contributed by atoms with Crippen molar-refractivity contribution < 1.29 is 9.59 Å². The minimum atomic E-state index is -0.178. The molecule has 1 aromatic rings. The number of amides is 2. The molecule has 0 aliphatic heterocycles. The van der Waals surface area contributed by atoms with Crippen LogP contribution in [0.3, 0.4) is 0 Å². The second-order valence-corrected chi connectivity index (χ2v) is 6.62. The number of rotatable bonds is 4. The molecular formula is C17H26N2O2. The fraction of sp³-hybridized carbons (Fsp3) is 0.529. The summed E-state index contributed by atoms with van der Waals surface area (Å²) >= 11 is 0. The number of benzene rings is 1. The zero-order valence-corrected chi connectivity index (χ0v) is 13.9. The molecule has 0 saturated heterocycles. The van der Waals surface area contributed by atoms with E-state index in [4.69, 9.17) is 0 Å². The summed E-state index contributed by atoms with van der Waals surface area (Å²) in [4.78, 5) is 25.0. The summed E-state index contributed by atoms with van der Waals surface area (Å²) in [6.45, 7) is 11.8. The fourth-order valence-corrected chi connectivity index (χ4v) is 2.07. The van der Waals surface area contributed by atoms with E-state index in [1.165, 1.54) is 12.5 Å². The average Bonchev–Trinajstić information content (AvgIpc) is 2.34. The maximum Gasteiger partial charge on any atom is 0.244 e. The molecule has 0 aromatic heterocycles. The van der Waals surface area contributed by atoms with Crippen LogP contribution in [-0.4, -0.2) is 29.3 Å². The van der Waals surface area contributed by atoms with Gasteiger partial charge in [-0.3, -0.25) is 9.59 Å². The van der Waals surface area contributed by atoms with Crippen molar-refractivity contribution in [2.75, 3.05) is 11.9 Å². The first-order chi connectivity index (χ1) is 9.61. The molecule has 0 aliphatic rings. The minimum absolute atomic E-state index is 0.0107. The molecule has 1 aromatic carbocycles. The molecule has 0 radical (unpaired) electrons. The van der Waals surface area contributed by atoms with Crippen molar-refractivity contribution in [3.8, 4) is 0 Å². The molecule has 0 bridgehead atoms. The van der Waals surface area contributed by atoms with Gasteiger partial charge in [0.2, 0.25) is 11.8 Å². The fourth-order valence-electron chi connectivity index (χ4n) is 2.07. The molecular weight excluding hydrogens is 264 g/mol. The predicted molar refractivity (Wildman–Crippen MR) is 86.3 cm³/mol. The molecule has 2 amide bonds. The second-order valence-electron chi connectivity index (χ2n) is 6.62. The van der Waals surface area contributed by atoms with Crippen LogP contribution in [0.15, 0.2) is 24.3 Å². The van der Waals surface area contributed by atoms with E-state index in [2.05, 4.69) is 26.1 Å². The van der Waals surface area contributed by atoms with E-state index in [1.54, 1.807) is 4.90 Å². The van der Waals surface area contributed by atoms with Gasteiger partial charge in [0.1, 0.15) is 6.54 Å². The number of carbonyl (C=O) groups excluding carboxylic acids is 2. The van der Waals surface area contributed by atoms with Crippen molar-refractivity contribution in [3.05, 3.63) is 29.8 Å². The first-order valence-electron chi connectivity index (χ1n) is 7.29. The van der Waals surface area contributed by atoms with Gasteiger partial charge in [0.05, 0.1) is 0 Å². The quantitative estimate of drug-likeness (QED) is 0.926. The van der Waals surface area contributed by atoms with Crippen molar-refractivity contribution in [2.45, 2.75) is 53.0 Å². The van der Waals surface area contributed by atoms with E-state index in [9.17, 15) is 9.59 Å². The van der Waals surface area contributed by atoms with Gasteiger partial charge >= 0.3 is 0 Å². The normalized spacial score (nSPS) is 11.4. The van der Waals surface area contributed by atoms with Crippen LogP contribution < -0.4 is 5.32 Å². The summed E-state index contributed by atoms with van der Waals surface area (Å²) in [5, 5.41) is 2.83. The Balaban J connectivity index is 2.69. The van der Waals surface area contributed by atoms with Gasteiger partial charge in [-0.15, -0.1) is 0 Å². The summed E-state index contributed by atoms with van der Waals surface area (Å²) in [5.41, 5.74) is 2.05. The molecule has 1 N–H and O–H groups in total. The van der Waals surface area contributed by atoms with Crippen molar-refractivity contribution in [1.82, 2.24) is 4.90 Å². The third kappa shape index (κ3) is 5.21. The van der Waals surface area contributed by atoms with Crippen molar-refractivity contribution in [2.24, 2.45) is 0 Å². The number of hydrogen-bond donors (Lipinski definition) is 1. The van der Waals surface area contributed by atoms with E-state index in [0.29, 0.717) is 0 Å². The summed E-state index contributed by atoms with van der Waals surface area (Å²) in [7, 11) is 0. The van der Waals surface area contributed by atoms with E-state index < -0.39 is 0 Å². The maximum absolute atomic E-state index is 12.0. The highest BCUT2D eigenvalue weighted by atomic mass is 16.2. The Bertz CT molecular complexity index is 499. The first-order valence-corrected chi connectivity index (χ1v) is 7.29. The molecule has 0 fully saturated rings. The Kier molecular flexibility index (Phi) is 5.53. The average molecular weight is 290 g/mol. The Morgan fingerprint density at radius 3 is 2.05 bits per heavy atom. The van der Waals surface area contributed by atoms with Gasteiger partial charge in [0.15, 0.2) is 0 Å². The monoisotopic (exact) mass is 290 g/mol.